The fourth-order valence-electron chi connectivity index (χ4n) is 7.25. The van der Waals surface area contributed by atoms with Gasteiger partial charge >= 0.3 is 0 Å². The number of hydrogen-bond donors (Lipinski definition) is 0. The Balaban J connectivity index is 1.36. The lowest BCUT2D eigenvalue weighted by atomic mass is 9.76. The van der Waals surface area contributed by atoms with Crippen molar-refractivity contribution < 1.29 is 0 Å². The van der Waals surface area contributed by atoms with Gasteiger partial charge in [0.15, 0.2) is 0 Å². The van der Waals surface area contributed by atoms with Crippen LogP contribution in [0.4, 0.5) is 0 Å². The third kappa shape index (κ3) is 1.59. The van der Waals surface area contributed by atoms with E-state index in [9.17, 15) is 0 Å². The van der Waals surface area contributed by atoms with Gasteiger partial charge in [-0.3, -0.25) is 0 Å². The summed E-state index contributed by atoms with van der Waals surface area (Å²) in [5.74, 6) is 3.59. The Morgan fingerprint density at radius 2 is 2.00 bits per heavy atom. The van der Waals surface area contributed by atoms with Gasteiger partial charge in [-0.15, -0.1) is 0 Å². The van der Waals surface area contributed by atoms with Crippen LogP contribution < -0.4 is 0 Å². The van der Waals surface area contributed by atoms with Gasteiger partial charge in [0, 0.05) is 24.2 Å². The van der Waals surface area contributed by atoms with Crippen molar-refractivity contribution in [1.82, 2.24) is 4.90 Å². The lowest BCUT2D eigenvalue weighted by Gasteiger charge is -2.41. The molecule has 0 N–H and O–H groups in total. The molecule has 1 aliphatic heterocycles. The highest BCUT2D eigenvalue weighted by Crippen LogP contribution is 2.72. The maximum absolute atomic E-state index is 4.65. The molecule has 6 rings (SSSR count). The summed E-state index contributed by atoms with van der Waals surface area (Å²) in [6.45, 7) is 5.95. The standard InChI is InChI=1S/C22H27N/c1-14-21-17(8-7-16-4-2-3-5-19(16)21)13-23(14)20-9-6-15-10-18-12-22(18,20)11-15/h2-5,15,17-18,20-21H,1,6-13H2. The zero-order chi connectivity index (χ0) is 15.2. The molecule has 0 aromatic heterocycles. The van der Waals surface area contributed by atoms with Crippen molar-refractivity contribution in [2.75, 3.05) is 6.54 Å². The van der Waals surface area contributed by atoms with E-state index in [1.54, 1.807) is 17.5 Å². The van der Waals surface area contributed by atoms with E-state index in [1.165, 1.54) is 50.8 Å². The molecule has 1 saturated heterocycles. The topological polar surface area (TPSA) is 3.24 Å². The first-order chi connectivity index (χ1) is 11.3. The summed E-state index contributed by atoms with van der Waals surface area (Å²) in [5, 5.41) is 0. The second kappa shape index (κ2) is 4.23. The molecule has 4 aliphatic carbocycles. The fourth-order valence-corrected chi connectivity index (χ4v) is 7.25. The summed E-state index contributed by atoms with van der Waals surface area (Å²) >= 11 is 0. The minimum atomic E-state index is 0.618. The van der Waals surface area contributed by atoms with Crippen molar-refractivity contribution in [2.24, 2.45) is 23.2 Å². The van der Waals surface area contributed by atoms with E-state index in [0.717, 1.165) is 29.2 Å². The van der Waals surface area contributed by atoms with E-state index in [0.29, 0.717) is 5.92 Å². The van der Waals surface area contributed by atoms with Gasteiger partial charge in [-0.2, -0.15) is 0 Å². The molecule has 5 aliphatic rings. The molecule has 4 fully saturated rings. The van der Waals surface area contributed by atoms with Gasteiger partial charge in [0.2, 0.25) is 0 Å². The van der Waals surface area contributed by atoms with Crippen LogP contribution in [0.25, 0.3) is 0 Å². The number of fused-ring (bicyclic) bond motifs is 4. The van der Waals surface area contributed by atoms with E-state index in [4.69, 9.17) is 0 Å². The zero-order valence-electron chi connectivity index (χ0n) is 14.0. The molecule has 0 amide bonds. The molecule has 1 nitrogen and oxygen atoms in total. The first-order valence-corrected chi connectivity index (χ1v) is 9.79. The lowest BCUT2D eigenvalue weighted by molar-refractivity contribution is 0.121. The Morgan fingerprint density at radius 3 is 2.96 bits per heavy atom. The van der Waals surface area contributed by atoms with Crippen molar-refractivity contribution in [1.29, 1.82) is 0 Å². The number of hydrogen-bond acceptors (Lipinski definition) is 1. The Labute approximate surface area is 139 Å². The first-order valence-electron chi connectivity index (χ1n) is 9.79. The fraction of sp³-hybridized carbons (Fsp3) is 0.636. The smallest absolute Gasteiger partial charge is 0.0346 e. The third-order valence-electron chi connectivity index (χ3n) is 8.26. The molecule has 1 heterocycles. The second-order valence-electron chi connectivity index (χ2n) is 9.15. The maximum Gasteiger partial charge on any atom is 0.0346 e. The predicted octanol–water partition coefficient (Wildman–Crippen LogP) is 4.74. The van der Waals surface area contributed by atoms with Gasteiger partial charge in [0.05, 0.1) is 0 Å². The van der Waals surface area contributed by atoms with Crippen LogP contribution in [-0.2, 0) is 6.42 Å². The third-order valence-corrected chi connectivity index (χ3v) is 8.26. The summed E-state index contributed by atoms with van der Waals surface area (Å²) in [6, 6.07) is 10.00. The largest absolute Gasteiger partial charge is 0.371 e. The van der Waals surface area contributed by atoms with Crippen LogP contribution in [-0.4, -0.2) is 17.5 Å². The summed E-state index contributed by atoms with van der Waals surface area (Å²) < 4.78 is 0. The summed E-state index contributed by atoms with van der Waals surface area (Å²) in [4.78, 5) is 2.82. The van der Waals surface area contributed by atoms with Crippen molar-refractivity contribution >= 4 is 0 Å². The van der Waals surface area contributed by atoms with Gasteiger partial charge in [-0.05, 0) is 79.2 Å². The first kappa shape index (κ1) is 13.1. The quantitative estimate of drug-likeness (QED) is 0.724. The van der Waals surface area contributed by atoms with Crippen molar-refractivity contribution in [3.05, 3.63) is 47.7 Å². The molecule has 120 valence electrons. The molecular formula is C22H27N. The second-order valence-corrected chi connectivity index (χ2v) is 9.15. The van der Waals surface area contributed by atoms with E-state index >= 15 is 0 Å². The van der Waals surface area contributed by atoms with Crippen LogP contribution in [0.15, 0.2) is 36.5 Å². The van der Waals surface area contributed by atoms with Gasteiger partial charge < -0.3 is 4.90 Å². The highest BCUT2D eigenvalue weighted by atomic mass is 15.2. The lowest BCUT2D eigenvalue weighted by Crippen LogP contribution is -2.42. The number of nitrogens with zero attached hydrogens (tertiary/aromatic N) is 1. The summed E-state index contributed by atoms with van der Waals surface area (Å²) in [6.07, 6.45) is 10.2. The Hall–Kier alpha value is -1.24. The average molecular weight is 305 g/mol. The predicted molar refractivity (Wildman–Crippen MR) is 93.1 cm³/mol. The molecule has 0 radical (unpaired) electrons. The van der Waals surface area contributed by atoms with Crippen molar-refractivity contribution in [2.45, 2.75) is 56.9 Å². The molecule has 1 spiro atoms. The normalized spacial score (nSPS) is 46.3. The monoisotopic (exact) mass is 305 g/mol. The highest BCUT2D eigenvalue weighted by molar-refractivity contribution is 5.41. The van der Waals surface area contributed by atoms with Gasteiger partial charge in [0.1, 0.15) is 0 Å². The SMILES string of the molecule is C=C1C2c3ccccc3CCC2CN1C1CCC2CC3CC31C2. The average Bonchev–Trinajstić information content (AvgIpc) is 2.99. The van der Waals surface area contributed by atoms with E-state index in [-0.39, 0.29) is 0 Å². The molecular weight excluding hydrogens is 278 g/mol. The van der Waals surface area contributed by atoms with E-state index in [1.807, 2.05) is 0 Å². The Kier molecular flexibility index (Phi) is 2.41. The molecule has 1 aromatic carbocycles. The number of rotatable bonds is 1. The number of benzene rings is 1. The zero-order valence-corrected chi connectivity index (χ0v) is 14.0. The van der Waals surface area contributed by atoms with E-state index < -0.39 is 0 Å². The maximum atomic E-state index is 4.65. The van der Waals surface area contributed by atoms with Crippen molar-refractivity contribution in [3.8, 4) is 0 Å². The minimum Gasteiger partial charge on any atom is -0.371 e. The van der Waals surface area contributed by atoms with Gasteiger partial charge in [0.25, 0.3) is 0 Å². The van der Waals surface area contributed by atoms with Crippen LogP contribution in [0.5, 0.6) is 0 Å². The van der Waals surface area contributed by atoms with Gasteiger partial charge in [-0.25, -0.2) is 0 Å². The summed E-state index contributed by atoms with van der Waals surface area (Å²) in [5.41, 5.74) is 5.38. The minimum absolute atomic E-state index is 0.618. The van der Waals surface area contributed by atoms with E-state index in [2.05, 4.69) is 35.7 Å². The molecule has 23 heavy (non-hydrogen) atoms. The van der Waals surface area contributed by atoms with Crippen LogP contribution in [0, 0.1) is 23.2 Å². The number of allylic oxidation sites excluding steroid dienone is 1. The molecule has 3 saturated carbocycles. The number of aryl methyl sites for hydroxylation is 1. The Bertz CT molecular complexity index is 691. The molecule has 2 bridgehead atoms. The van der Waals surface area contributed by atoms with Crippen LogP contribution >= 0.6 is 0 Å². The molecule has 1 heteroatoms. The highest BCUT2D eigenvalue weighted by Gasteiger charge is 2.67. The van der Waals surface area contributed by atoms with Crippen LogP contribution in [0.3, 0.4) is 0 Å². The molecule has 6 atom stereocenters. The summed E-state index contributed by atoms with van der Waals surface area (Å²) in [7, 11) is 0. The molecule has 6 unspecified atom stereocenters. The van der Waals surface area contributed by atoms with Crippen LogP contribution in [0.1, 0.15) is 55.6 Å². The van der Waals surface area contributed by atoms with Crippen LogP contribution in [0.2, 0.25) is 0 Å². The number of likely N-dealkylation sites (tertiary alicyclic amines) is 1. The van der Waals surface area contributed by atoms with Gasteiger partial charge in [-0.1, -0.05) is 30.8 Å². The molecule has 1 aromatic rings. The Morgan fingerprint density at radius 1 is 1.09 bits per heavy atom. The van der Waals surface area contributed by atoms with Crippen molar-refractivity contribution in [3.63, 3.8) is 0 Å².